The van der Waals surface area contributed by atoms with Crippen LogP contribution < -0.4 is 10.6 Å². The zero-order valence-corrected chi connectivity index (χ0v) is 11.7. The number of benzene rings is 1. The van der Waals surface area contributed by atoms with Crippen molar-refractivity contribution < 1.29 is 4.79 Å². The second-order valence-corrected chi connectivity index (χ2v) is 5.71. The van der Waals surface area contributed by atoms with E-state index in [-0.39, 0.29) is 11.9 Å². The minimum atomic E-state index is -0.197. The number of carbonyl (C=O) groups excluding carboxylic acids is 1. The van der Waals surface area contributed by atoms with Gasteiger partial charge in [-0.15, -0.1) is 0 Å². The van der Waals surface area contributed by atoms with Gasteiger partial charge in [-0.25, -0.2) is 0 Å². The zero-order valence-electron chi connectivity index (χ0n) is 10.1. The van der Waals surface area contributed by atoms with E-state index in [2.05, 4.69) is 40.4 Å². The molecule has 1 aromatic carbocycles. The van der Waals surface area contributed by atoms with Gasteiger partial charge >= 0.3 is 0 Å². The quantitative estimate of drug-likeness (QED) is 0.896. The fourth-order valence-electron chi connectivity index (χ4n) is 1.95. The molecule has 92 valence electrons. The lowest BCUT2D eigenvalue weighted by Crippen LogP contribution is -2.28. The van der Waals surface area contributed by atoms with Gasteiger partial charge in [0.25, 0.3) is 0 Å². The van der Waals surface area contributed by atoms with Crippen molar-refractivity contribution in [3.05, 3.63) is 28.2 Å². The minimum absolute atomic E-state index is 0.0434. The molecule has 1 aromatic rings. The highest BCUT2D eigenvalue weighted by Gasteiger charge is 2.29. The SMILES string of the molecule is CC(C)CCNC1C(=O)Nc2cc(Br)ccc21. The van der Waals surface area contributed by atoms with Gasteiger partial charge in [0.15, 0.2) is 0 Å². The number of hydrogen-bond donors (Lipinski definition) is 2. The van der Waals surface area contributed by atoms with E-state index >= 15 is 0 Å². The van der Waals surface area contributed by atoms with Gasteiger partial charge in [0.1, 0.15) is 6.04 Å². The molecule has 2 rings (SSSR count). The number of nitrogens with one attached hydrogen (secondary N) is 2. The van der Waals surface area contributed by atoms with E-state index in [1.807, 2.05) is 18.2 Å². The van der Waals surface area contributed by atoms with Gasteiger partial charge in [0, 0.05) is 15.7 Å². The molecule has 1 amide bonds. The Labute approximate surface area is 110 Å². The fourth-order valence-corrected chi connectivity index (χ4v) is 2.31. The van der Waals surface area contributed by atoms with Gasteiger partial charge < -0.3 is 10.6 Å². The highest BCUT2D eigenvalue weighted by atomic mass is 79.9. The van der Waals surface area contributed by atoms with E-state index in [9.17, 15) is 4.79 Å². The molecule has 3 nitrogen and oxygen atoms in total. The van der Waals surface area contributed by atoms with Gasteiger partial charge in [-0.2, -0.15) is 0 Å². The summed E-state index contributed by atoms with van der Waals surface area (Å²) in [6, 6.07) is 5.70. The van der Waals surface area contributed by atoms with Gasteiger partial charge in [-0.05, 0) is 31.0 Å². The molecule has 0 aromatic heterocycles. The molecule has 0 spiro atoms. The first-order valence-electron chi connectivity index (χ1n) is 5.91. The number of anilines is 1. The predicted octanol–water partition coefficient (Wildman–Crippen LogP) is 3.08. The molecular formula is C13H17BrN2O. The summed E-state index contributed by atoms with van der Waals surface area (Å²) in [5.74, 6) is 0.693. The molecule has 17 heavy (non-hydrogen) atoms. The van der Waals surface area contributed by atoms with Gasteiger partial charge in [0.2, 0.25) is 5.91 Å². The molecule has 1 aliphatic rings. The molecular weight excluding hydrogens is 280 g/mol. The third-order valence-corrected chi connectivity index (χ3v) is 3.41. The van der Waals surface area contributed by atoms with Crippen LogP contribution in [0.25, 0.3) is 0 Å². The van der Waals surface area contributed by atoms with Crippen LogP contribution in [0.2, 0.25) is 0 Å². The van der Waals surface area contributed by atoms with Crippen LogP contribution in [0, 0.1) is 5.92 Å². The average molecular weight is 297 g/mol. The van der Waals surface area contributed by atoms with Crippen molar-refractivity contribution in [2.24, 2.45) is 5.92 Å². The number of rotatable bonds is 4. The second kappa shape index (κ2) is 5.19. The Bertz CT molecular complexity index is 431. The van der Waals surface area contributed by atoms with Crippen LogP contribution >= 0.6 is 15.9 Å². The highest BCUT2D eigenvalue weighted by Crippen LogP contribution is 2.32. The summed E-state index contributed by atoms with van der Waals surface area (Å²) in [6.45, 7) is 5.23. The first-order valence-corrected chi connectivity index (χ1v) is 6.71. The van der Waals surface area contributed by atoms with Crippen molar-refractivity contribution in [3.8, 4) is 0 Å². The molecule has 0 fully saturated rings. The Morgan fingerprint density at radius 3 is 2.94 bits per heavy atom. The van der Waals surface area contributed by atoms with E-state index in [0.717, 1.165) is 28.7 Å². The molecule has 0 saturated carbocycles. The van der Waals surface area contributed by atoms with Crippen LogP contribution in [0.4, 0.5) is 5.69 Å². The number of carbonyl (C=O) groups is 1. The fraction of sp³-hybridized carbons (Fsp3) is 0.462. The molecule has 4 heteroatoms. The van der Waals surface area contributed by atoms with Gasteiger partial charge in [-0.3, -0.25) is 4.79 Å². The molecule has 1 atom stereocenters. The summed E-state index contributed by atoms with van der Waals surface area (Å²) >= 11 is 3.40. The Balaban J connectivity index is 2.07. The molecule has 1 unspecified atom stereocenters. The molecule has 2 N–H and O–H groups in total. The smallest absolute Gasteiger partial charge is 0.246 e. The number of halogens is 1. The third kappa shape index (κ3) is 2.87. The van der Waals surface area contributed by atoms with E-state index in [1.165, 1.54) is 0 Å². The summed E-state index contributed by atoms with van der Waals surface area (Å²) in [5, 5.41) is 6.21. The lowest BCUT2D eigenvalue weighted by Gasteiger charge is -2.12. The first kappa shape index (κ1) is 12.6. The normalized spacial score (nSPS) is 18.4. The van der Waals surface area contributed by atoms with Crippen molar-refractivity contribution >= 4 is 27.5 Å². The largest absolute Gasteiger partial charge is 0.324 e. The topological polar surface area (TPSA) is 41.1 Å². The molecule has 1 heterocycles. The molecule has 0 radical (unpaired) electrons. The summed E-state index contributed by atoms with van der Waals surface area (Å²) in [4.78, 5) is 11.8. The van der Waals surface area contributed by atoms with E-state index < -0.39 is 0 Å². The second-order valence-electron chi connectivity index (χ2n) is 4.79. The highest BCUT2D eigenvalue weighted by molar-refractivity contribution is 9.10. The van der Waals surface area contributed by atoms with Crippen LogP contribution in [0.1, 0.15) is 31.9 Å². The van der Waals surface area contributed by atoms with E-state index in [0.29, 0.717) is 5.92 Å². The van der Waals surface area contributed by atoms with Crippen LogP contribution in [0.3, 0.4) is 0 Å². The molecule has 0 saturated heterocycles. The lowest BCUT2D eigenvalue weighted by molar-refractivity contribution is -0.117. The zero-order chi connectivity index (χ0) is 12.4. The molecule has 0 bridgehead atoms. The van der Waals surface area contributed by atoms with E-state index in [1.54, 1.807) is 0 Å². The first-order chi connectivity index (χ1) is 8.08. The number of fused-ring (bicyclic) bond motifs is 1. The van der Waals surface area contributed by atoms with Crippen molar-refractivity contribution in [1.82, 2.24) is 5.32 Å². The van der Waals surface area contributed by atoms with Crippen molar-refractivity contribution in [1.29, 1.82) is 0 Å². The average Bonchev–Trinajstić information content (AvgIpc) is 2.54. The van der Waals surface area contributed by atoms with Crippen LogP contribution in [-0.2, 0) is 4.79 Å². The van der Waals surface area contributed by atoms with Crippen LogP contribution in [0.15, 0.2) is 22.7 Å². The number of amides is 1. The minimum Gasteiger partial charge on any atom is -0.324 e. The van der Waals surface area contributed by atoms with Crippen molar-refractivity contribution in [3.63, 3.8) is 0 Å². The molecule has 0 aliphatic carbocycles. The lowest BCUT2D eigenvalue weighted by atomic mass is 10.1. The van der Waals surface area contributed by atoms with Crippen LogP contribution in [0.5, 0.6) is 0 Å². The van der Waals surface area contributed by atoms with Crippen molar-refractivity contribution in [2.75, 3.05) is 11.9 Å². The summed E-state index contributed by atoms with van der Waals surface area (Å²) < 4.78 is 0.986. The Morgan fingerprint density at radius 1 is 1.47 bits per heavy atom. The number of hydrogen-bond acceptors (Lipinski definition) is 2. The van der Waals surface area contributed by atoms with Crippen molar-refractivity contribution in [2.45, 2.75) is 26.3 Å². The van der Waals surface area contributed by atoms with Gasteiger partial charge in [0.05, 0.1) is 0 Å². The standard InChI is InChI=1S/C13H17BrN2O/c1-8(2)5-6-15-12-10-4-3-9(14)7-11(10)16-13(12)17/h3-4,7-8,12,15H,5-6H2,1-2H3,(H,16,17). The maximum absolute atomic E-state index is 11.8. The summed E-state index contributed by atoms with van der Waals surface area (Å²) in [7, 11) is 0. The van der Waals surface area contributed by atoms with Crippen LogP contribution in [-0.4, -0.2) is 12.5 Å². The summed E-state index contributed by atoms with van der Waals surface area (Å²) in [5.41, 5.74) is 1.95. The Hall–Kier alpha value is -0.870. The summed E-state index contributed by atoms with van der Waals surface area (Å²) in [6.07, 6.45) is 1.08. The molecule has 1 aliphatic heterocycles. The Morgan fingerprint density at radius 2 is 2.24 bits per heavy atom. The van der Waals surface area contributed by atoms with Gasteiger partial charge in [-0.1, -0.05) is 35.8 Å². The Kier molecular flexibility index (Phi) is 3.84. The predicted molar refractivity (Wildman–Crippen MR) is 73.0 cm³/mol. The maximum atomic E-state index is 11.8. The van der Waals surface area contributed by atoms with E-state index in [4.69, 9.17) is 0 Å². The maximum Gasteiger partial charge on any atom is 0.246 e. The third-order valence-electron chi connectivity index (χ3n) is 2.92. The monoisotopic (exact) mass is 296 g/mol.